The SMILES string of the molecule is C[C@H](c1cccc2ccccc12)N(C(=O)CS[C@@H]1CCS(=O)(=O)C1)C1CC1. The second-order valence-electron chi connectivity index (χ2n) is 7.61. The number of thioether (sulfide) groups is 1. The summed E-state index contributed by atoms with van der Waals surface area (Å²) >= 11 is 1.51. The highest BCUT2D eigenvalue weighted by atomic mass is 32.2. The number of rotatable bonds is 6. The van der Waals surface area contributed by atoms with E-state index in [1.807, 2.05) is 17.0 Å². The van der Waals surface area contributed by atoms with Crippen LogP contribution >= 0.6 is 11.8 Å². The van der Waals surface area contributed by atoms with Crippen LogP contribution in [0.2, 0.25) is 0 Å². The van der Waals surface area contributed by atoms with Gasteiger partial charge in [0, 0.05) is 11.3 Å². The van der Waals surface area contributed by atoms with Crippen LogP contribution < -0.4 is 0 Å². The molecule has 1 heterocycles. The van der Waals surface area contributed by atoms with Crippen molar-refractivity contribution >= 4 is 38.3 Å². The number of benzene rings is 2. The standard InChI is InChI=1S/C21H25NO3S2/c1-15(19-8-4-6-16-5-2-3-7-20(16)19)22(17-9-10-17)21(23)13-26-18-11-12-27(24,25)14-18/h2-8,15,17-18H,9-14H2,1H3/t15-,18-/m1/s1. The Morgan fingerprint density at radius 2 is 1.89 bits per heavy atom. The van der Waals surface area contributed by atoms with E-state index in [0.29, 0.717) is 18.2 Å². The Kier molecular flexibility index (Phi) is 5.21. The number of carbonyl (C=O) groups excluding carboxylic acids is 1. The molecule has 1 saturated carbocycles. The lowest BCUT2D eigenvalue weighted by molar-refractivity contribution is -0.131. The summed E-state index contributed by atoms with van der Waals surface area (Å²) in [6, 6.07) is 14.9. The molecule has 1 amide bonds. The molecule has 2 aromatic rings. The molecule has 0 unspecified atom stereocenters. The molecular weight excluding hydrogens is 378 g/mol. The van der Waals surface area contributed by atoms with E-state index in [1.54, 1.807) is 0 Å². The van der Waals surface area contributed by atoms with Gasteiger partial charge in [0.05, 0.1) is 23.3 Å². The quantitative estimate of drug-likeness (QED) is 0.736. The Bertz CT molecular complexity index is 948. The Morgan fingerprint density at radius 1 is 1.15 bits per heavy atom. The predicted octanol–water partition coefficient (Wildman–Crippen LogP) is 3.81. The number of carbonyl (C=O) groups is 1. The van der Waals surface area contributed by atoms with Gasteiger partial charge in [0.1, 0.15) is 0 Å². The van der Waals surface area contributed by atoms with Crippen molar-refractivity contribution in [2.24, 2.45) is 0 Å². The first-order chi connectivity index (χ1) is 12.9. The van der Waals surface area contributed by atoms with Crippen molar-refractivity contribution in [1.29, 1.82) is 0 Å². The summed E-state index contributed by atoms with van der Waals surface area (Å²) in [6.45, 7) is 2.11. The number of sulfone groups is 1. The molecule has 1 saturated heterocycles. The molecular formula is C21H25NO3S2. The maximum Gasteiger partial charge on any atom is 0.233 e. The average molecular weight is 404 g/mol. The van der Waals surface area contributed by atoms with Crippen LogP contribution in [-0.2, 0) is 14.6 Å². The topological polar surface area (TPSA) is 54.5 Å². The molecule has 0 aromatic heterocycles. The molecule has 1 aliphatic heterocycles. The normalized spacial score (nSPS) is 22.6. The second kappa shape index (κ2) is 7.47. The van der Waals surface area contributed by atoms with Crippen LogP contribution in [0.3, 0.4) is 0 Å². The van der Waals surface area contributed by atoms with E-state index in [4.69, 9.17) is 0 Å². The molecule has 0 radical (unpaired) electrons. The first kappa shape index (κ1) is 18.8. The van der Waals surface area contributed by atoms with Crippen molar-refractivity contribution in [2.45, 2.75) is 43.5 Å². The van der Waals surface area contributed by atoms with Crippen molar-refractivity contribution < 1.29 is 13.2 Å². The van der Waals surface area contributed by atoms with Crippen LogP contribution in [0.15, 0.2) is 42.5 Å². The number of amides is 1. The molecule has 2 fully saturated rings. The van der Waals surface area contributed by atoms with Gasteiger partial charge in [-0.3, -0.25) is 4.79 Å². The lowest BCUT2D eigenvalue weighted by Crippen LogP contribution is -2.37. The number of nitrogens with zero attached hydrogens (tertiary/aromatic N) is 1. The molecule has 1 aliphatic carbocycles. The van der Waals surface area contributed by atoms with E-state index in [2.05, 4.69) is 37.3 Å². The fourth-order valence-corrected chi connectivity index (χ4v) is 7.52. The smallest absolute Gasteiger partial charge is 0.233 e. The lowest BCUT2D eigenvalue weighted by Gasteiger charge is -2.31. The van der Waals surface area contributed by atoms with E-state index in [1.165, 1.54) is 28.1 Å². The van der Waals surface area contributed by atoms with Crippen LogP contribution in [-0.4, -0.2) is 47.8 Å². The van der Waals surface area contributed by atoms with Gasteiger partial charge >= 0.3 is 0 Å². The zero-order valence-electron chi connectivity index (χ0n) is 15.5. The van der Waals surface area contributed by atoms with Gasteiger partial charge in [0.25, 0.3) is 0 Å². The molecule has 2 atom stereocenters. The average Bonchev–Trinajstić information content (AvgIpc) is 3.42. The molecule has 6 heteroatoms. The molecule has 0 spiro atoms. The van der Waals surface area contributed by atoms with E-state index >= 15 is 0 Å². The van der Waals surface area contributed by atoms with Gasteiger partial charge in [-0.2, -0.15) is 0 Å². The van der Waals surface area contributed by atoms with Crippen molar-refractivity contribution in [2.75, 3.05) is 17.3 Å². The Labute approximate surface area is 165 Å². The zero-order valence-corrected chi connectivity index (χ0v) is 17.1. The fraction of sp³-hybridized carbons (Fsp3) is 0.476. The molecule has 2 aromatic carbocycles. The van der Waals surface area contributed by atoms with Gasteiger partial charge in [0.2, 0.25) is 5.91 Å². The summed E-state index contributed by atoms with van der Waals surface area (Å²) in [6.07, 6.45) is 2.79. The van der Waals surface area contributed by atoms with E-state index in [9.17, 15) is 13.2 Å². The van der Waals surface area contributed by atoms with Crippen LogP contribution in [0.4, 0.5) is 0 Å². The van der Waals surface area contributed by atoms with Gasteiger partial charge in [-0.25, -0.2) is 8.42 Å². The molecule has 0 N–H and O–H groups in total. The molecule has 2 aliphatic rings. The van der Waals surface area contributed by atoms with Gasteiger partial charge in [-0.15, -0.1) is 11.8 Å². The van der Waals surface area contributed by atoms with Crippen molar-refractivity contribution in [3.8, 4) is 0 Å². The lowest BCUT2D eigenvalue weighted by atomic mass is 9.98. The summed E-state index contributed by atoms with van der Waals surface area (Å²) in [7, 11) is -2.90. The molecule has 0 bridgehead atoms. The van der Waals surface area contributed by atoms with Crippen LogP contribution in [0, 0.1) is 0 Å². The third-order valence-electron chi connectivity index (χ3n) is 5.55. The van der Waals surface area contributed by atoms with Gasteiger partial charge in [-0.05, 0) is 42.5 Å². The minimum Gasteiger partial charge on any atom is -0.332 e. The number of hydrogen-bond donors (Lipinski definition) is 0. The largest absolute Gasteiger partial charge is 0.332 e. The summed E-state index contributed by atoms with van der Waals surface area (Å²) in [4.78, 5) is 15.1. The van der Waals surface area contributed by atoms with Crippen LogP contribution in [0.5, 0.6) is 0 Å². The van der Waals surface area contributed by atoms with Crippen molar-refractivity contribution in [1.82, 2.24) is 4.90 Å². The van der Waals surface area contributed by atoms with Gasteiger partial charge < -0.3 is 4.90 Å². The number of fused-ring (bicyclic) bond motifs is 1. The van der Waals surface area contributed by atoms with Crippen LogP contribution in [0.1, 0.15) is 37.8 Å². The maximum atomic E-state index is 13.0. The fourth-order valence-electron chi connectivity index (χ4n) is 4.01. The van der Waals surface area contributed by atoms with Gasteiger partial charge in [0.15, 0.2) is 9.84 Å². The monoisotopic (exact) mass is 403 g/mol. The first-order valence-electron chi connectivity index (χ1n) is 9.55. The Balaban J connectivity index is 1.51. The Hall–Kier alpha value is -1.53. The summed E-state index contributed by atoms with van der Waals surface area (Å²) < 4.78 is 23.3. The summed E-state index contributed by atoms with van der Waals surface area (Å²) in [5.74, 6) is 0.976. The molecule has 27 heavy (non-hydrogen) atoms. The highest BCUT2D eigenvalue weighted by Crippen LogP contribution is 2.37. The molecule has 144 valence electrons. The Morgan fingerprint density at radius 3 is 2.59 bits per heavy atom. The maximum absolute atomic E-state index is 13.0. The third kappa shape index (κ3) is 4.16. The van der Waals surface area contributed by atoms with Crippen LogP contribution in [0.25, 0.3) is 10.8 Å². The zero-order chi connectivity index (χ0) is 19.0. The third-order valence-corrected chi connectivity index (χ3v) is 8.82. The number of hydrogen-bond acceptors (Lipinski definition) is 4. The minimum atomic E-state index is -2.90. The van der Waals surface area contributed by atoms with Gasteiger partial charge in [-0.1, -0.05) is 42.5 Å². The predicted molar refractivity (Wildman–Crippen MR) is 112 cm³/mol. The van der Waals surface area contributed by atoms with E-state index in [0.717, 1.165) is 12.8 Å². The first-order valence-corrected chi connectivity index (χ1v) is 12.4. The minimum absolute atomic E-state index is 0.0176. The van der Waals surface area contributed by atoms with E-state index < -0.39 is 9.84 Å². The second-order valence-corrected chi connectivity index (χ2v) is 11.1. The molecule has 4 rings (SSSR count). The molecule has 4 nitrogen and oxygen atoms in total. The summed E-state index contributed by atoms with van der Waals surface area (Å²) in [5, 5.41) is 2.45. The van der Waals surface area contributed by atoms with Crippen molar-refractivity contribution in [3.05, 3.63) is 48.0 Å². The highest BCUT2D eigenvalue weighted by Gasteiger charge is 2.37. The van der Waals surface area contributed by atoms with Crippen molar-refractivity contribution in [3.63, 3.8) is 0 Å². The summed E-state index contributed by atoms with van der Waals surface area (Å²) in [5.41, 5.74) is 1.18. The highest BCUT2D eigenvalue weighted by molar-refractivity contribution is 8.02. The van der Waals surface area contributed by atoms with E-state index in [-0.39, 0.29) is 28.7 Å².